The van der Waals surface area contributed by atoms with Gasteiger partial charge in [0.2, 0.25) is 0 Å². The highest BCUT2D eigenvalue weighted by atomic mass is 35.5. The van der Waals surface area contributed by atoms with E-state index in [9.17, 15) is 4.39 Å². The van der Waals surface area contributed by atoms with Crippen LogP contribution in [0.1, 0.15) is 32.6 Å². The molecule has 2 rings (SSSR count). The van der Waals surface area contributed by atoms with E-state index < -0.39 is 14.9 Å². The first-order valence-corrected chi connectivity index (χ1v) is 10.4. The van der Waals surface area contributed by atoms with Crippen molar-refractivity contribution in [2.45, 2.75) is 40.0 Å². The average Bonchev–Trinajstić information content (AvgIpc) is 2.83. The van der Waals surface area contributed by atoms with E-state index in [2.05, 4.69) is 39.0 Å². The number of hydrogen-bond acceptors (Lipinski definition) is 3. The van der Waals surface area contributed by atoms with Crippen molar-refractivity contribution in [3.8, 4) is 11.3 Å². The maximum absolute atomic E-state index is 14.0. The van der Waals surface area contributed by atoms with Crippen LogP contribution in [0.2, 0.25) is 18.1 Å². The molecule has 0 aliphatic rings. The van der Waals surface area contributed by atoms with Crippen LogP contribution in [-0.4, -0.2) is 14.2 Å². The number of rotatable bonds is 4. The van der Waals surface area contributed by atoms with Crippen molar-refractivity contribution in [3.05, 3.63) is 40.9 Å². The minimum absolute atomic E-state index is 0.146. The summed E-state index contributed by atoms with van der Waals surface area (Å²) in [6, 6.07) is 6.27. The predicted molar refractivity (Wildman–Crippen MR) is 89.1 cm³/mol. The second-order valence-corrected chi connectivity index (χ2v) is 9.42. The van der Waals surface area contributed by atoms with Crippen LogP contribution in [0.5, 0.6) is 0 Å². The molecular formula is C16H21ClFNO2Si. The van der Waals surface area contributed by atoms with Gasteiger partial charge in [0.05, 0.1) is 10.6 Å². The van der Waals surface area contributed by atoms with E-state index >= 15 is 0 Å². The van der Waals surface area contributed by atoms with Crippen molar-refractivity contribution in [3.63, 3.8) is 0 Å². The van der Waals surface area contributed by atoms with Crippen LogP contribution < -0.4 is 0 Å². The summed E-state index contributed by atoms with van der Waals surface area (Å²) in [5, 5.41) is 4.30. The van der Waals surface area contributed by atoms with E-state index in [0.717, 1.165) is 0 Å². The molecule has 0 amide bonds. The fourth-order valence-corrected chi connectivity index (χ4v) is 3.59. The Bertz CT molecular complexity index is 632. The van der Waals surface area contributed by atoms with E-state index in [0.29, 0.717) is 16.5 Å². The van der Waals surface area contributed by atoms with Gasteiger partial charge < -0.3 is 8.95 Å². The highest BCUT2D eigenvalue weighted by Crippen LogP contribution is 2.39. The van der Waals surface area contributed by atoms with E-state index in [4.69, 9.17) is 20.6 Å². The lowest BCUT2D eigenvalue weighted by Crippen LogP contribution is -2.25. The zero-order chi connectivity index (χ0) is 16.5. The normalized spacial score (nSPS) is 13.6. The Hall–Kier alpha value is -1.17. The van der Waals surface area contributed by atoms with Gasteiger partial charge in [-0.15, -0.1) is 0 Å². The van der Waals surface area contributed by atoms with Gasteiger partial charge in [0.15, 0.2) is 14.8 Å². The van der Waals surface area contributed by atoms with Crippen LogP contribution in [0.3, 0.4) is 0 Å². The zero-order valence-corrected chi connectivity index (χ0v) is 15.4. The molecule has 2 aromatic rings. The molecular weight excluding hydrogens is 321 g/mol. The van der Waals surface area contributed by atoms with Gasteiger partial charge in [-0.05, 0) is 30.6 Å². The number of nitrogens with zero attached hydrogens (tertiary/aromatic N) is 1. The fourth-order valence-electron chi connectivity index (χ4n) is 2.24. The SMILES string of the molecule is C[SiH](C)OC(c1cc(-c2c(F)cccc2Cl)no1)C(C)(C)C. The molecule has 1 aromatic heterocycles. The van der Waals surface area contributed by atoms with Crippen LogP contribution >= 0.6 is 11.6 Å². The average molecular weight is 342 g/mol. The Morgan fingerprint density at radius 2 is 2.00 bits per heavy atom. The molecule has 22 heavy (non-hydrogen) atoms. The Kier molecular flexibility index (Phi) is 5.09. The smallest absolute Gasteiger partial charge is 0.172 e. The van der Waals surface area contributed by atoms with Crippen molar-refractivity contribution in [1.82, 2.24) is 5.16 Å². The van der Waals surface area contributed by atoms with Crippen LogP contribution in [0.15, 0.2) is 28.8 Å². The summed E-state index contributed by atoms with van der Waals surface area (Å²) in [5.41, 5.74) is 0.502. The van der Waals surface area contributed by atoms with E-state index in [1.807, 2.05) is 0 Å². The lowest BCUT2D eigenvalue weighted by atomic mass is 9.87. The number of benzene rings is 1. The second kappa shape index (κ2) is 6.52. The van der Waals surface area contributed by atoms with Crippen molar-refractivity contribution in [1.29, 1.82) is 0 Å². The Balaban J connectivity index is 2.41. The Morgan fingerprint density at radius 1 is 1.32 bits per heavy atom. The molecule has 1 atom stereocenters. The van der Waals surface area contributed by atoms with Crippen LogP contribution in [0, 0.1) is 11.2 Å². The van der Waals surface area contributed by atoms with E-state index in [1.54, 1.807) is 18.2 Å². The molecule has 6 heteroatoms. The third kappa shape index (κ3) is 3.77. The minimum Gasteiger partial charge on any atom is -0.410 e. The quantitative estimate of drug-likeness (QED) is 0.715. The Labute approximate surface area is 137 Å². The summed E-state index contributed by atoms with van der Waals surface area (Å²) in [5.74, 6) is 0.182. The van der Waals surface area contributed by atoms with Crippen LogP contribution in [-0.2, 0) is 4.43 Å². The lowest BCUT2D eigenvalue weighted by molar-refractivity contribution is 0.0603. The highest BCUT2D eigenvalue weighted by Gasteiger charge is 2.32. The third-order valence-corrected chi connectivity index (χ3v) is 4.33. The molecule has 0 fully saturated rings. The number of hydrogen-bond donors (Lipinski definition) is 0. The summed E-state index contributed by atoms with van der Waals surface area (Å²) in [7, 11) is -1.27. The standard InChI is InChI=1S/C16H21ClFNO2Si/c1-16(2,3)15(21-22(4)5)13-9-12(19-20-13)14-10(17)7-6-8-11(14)18/h6-9,15,22H,1-5H3. The topological polar surface area (TPSA) is 35.3 Å². The van der Waals surface area contributed by atoms with Crippen LogP contribution in [0.25, 0.3) is 11.3 Å². The maximum Gasteiger partial charge on any atom is 0.172 e. The van der Waals surface area contributed by atoms with Gasteiger partial charge in [-0.2, -0.15) is 0 Å². The van der Waals surface area contributed by atoms with E-state index in [1.165, 1.54) is 6.07 Å². The molecule has 0 aliphatic heterocycles. The van der Waals surface area contributed by atoms with Crippen molar-refractivity contribution in [2.75, 3.05) is 0 Å². The van der Waals surface area contributed by atoms with Crippen LogP contribution in [0.4, 0.5) is 4.39 Å². The molecule has 1 heterocycles. The number of halogens is 2. The molecule has 0 saturated heterocycles. The maximum atomic E-state index is 14.0. The molecule has 0 saturated carbocycles. The molecule has 0 aliphatic carbocycles. The minimum atomic E-state index is -1.27. The molecule has 0 radical (unpaired) electrons. The lowest BCUT2D eigenvalue weighted by Gasteiger charge is -2.30. The summed E-state index contributed by atoms with van der Waals surface area (Å²) in [6.07, 6.45) is -0.217. The van der Waals surface area contributed by atoms with Crippen molar-refractivity contribution >= 4 is 20.6 Å². The second-order valence-electron chi connectivity index (χ2n) is 6.64. The Morgan fingerprint density at radius 3 is 2.55 bits per heavy atom. The first kappa shape index (κ1) is 17.2. The summed E-state index contributed by atoms with van der Waals surface area (Å²) >= 11 is 6.08. The summed E-state index contributed by atoms with van der Waals surface area (Å²) < 4.78 is 25.5. The van der Waals surface area contributed by atoms with Gasteiger partial charge in [-0.3, -0.25) is 0 Å². The van der Waals surface area contributed by atoms with Gasteiger partial charge in [-0.1, -0.05) is 43.6 Å². The molecule has 0 spiro atoms. The van der Waals surface area contributed by atoms with Crippen molar-refractivity contribution in [2.24, 2.45) is 5.41 Å². The molecule has 120 valence electrons. The monoisotopic (exact) mass is 341 g/mol. The first-order chi connectivity index (χ1) is 10.2. The summed E-state index contributed by atoms with van der Waals surface area (Å²) in [4.78, 5) is 0. The molecule has 1 unspecified atom stereocenters. The molecule has 0 N–H and O–H groups in total. The molecule has 0 bridgehead atoms. The predicted octanol–water partition coefficient (Wildman–Crippen LogP) is 5.22. The highest BCUT2D eigenvalue weighted by molar-refractivity contribution is 6.48. The van der Waals surface area contributed by atoms with Gasteiger partial charge in [0.25, 0.3) is 0 Å². The molecule has 3 nitrogen and oxygen atoms in total. The fraction of sp³-hybridized carbons (Fsp3) is 0.438. The molecule has 1 aromatic carbocycles. The summed E-state index contributed by atoms with van der Waals surface area (Å²) in [6.45, 7) is 10.4. The van der Waals surface area contributed by atoms with Gasteiger partial charge in [0.1, 0.15) is 17.6 Å². The number of aromatic nitrogens is 1. The third-order valence-electron chi connectivity index (χ3n) is 3.20. The van der Waals surface area contributed by atoms with Gasteiger partial charge >= 0.3 is 0 Å². The van der Waals surface area contributed by atoms with Gasteiger partial charge in [0, 0.05) is 6.07 Å². The van der Waals surface area contributed by atoms with Crippen molar-refractivity contribution < 1.29 is 13.3 Å². The zero-order valence-electron chi connectivity index (χ0n) is 13.5. The van der Waals surface area contributed by atoms with Gasteiger partial charge in [-0.25, -0.2) is 4.39 Å². The largest absolute Gasteiger partial charge is 0.410 e. The van der Waals surface area contributed by atoms with E-state index in [-0.39, 0.29) is 17.1 Å². The first-order valence-electron chi connectivity index (χ1n) is 7.26.